The molecular weight excluding hydrogens is 204 g/mol. The van der Waals surface area contributed by atoms with Gasteiger partial charge in [-0.05, 0) is 51.4 Å². The van der Waals surface area contributed by atoms with Crippen LogP contribution in [0.25, 0.3) is 0 Å². The van der Waals surface area contributed by atoms with Crippen molar-refractivity contribution in [1.29, 1.82) is 0 Å². The number of aromatic amines is 1. The van der Waals surface area contributed by atoms with E-state index in [2.05, 4.69) is 22.1 Å². The Hall–Kier alpha value is -1.36. The van der Waals surface area contributed by atoms with Gasteiger partial charge in [-0.15, -0.1) is 0 Å². The van der Waals surface area contributed by atoms with E-state index in [1.807, 2.05) is 0 Å². The smallest absolute Gasteiger partial charge is 0.287 e. The van der Waals surface area contributed by atoms with Gasteiger partial charge in [0.1, 0.15) is 5.69 Å². The minimum absolute atomic E-state index is 0.262. The Balaban J connectivity index is 1.98. The molecule has 0 saturated carbocycles. The summed E-state index contributed by atoms with van der Waals surface area (Å²) in [4.78, 5) is 13.4. The van der Waals surface area contributed by atoms with Crippen LogP contribution < -0.4 is 11.3 Å². The van der Waals surface area contributed by atoms with Gasteiger partial charge in [0, 0.05) is 0 Å². The van der Waals surface area contributed by atoms with Gasteiger partial charge in [0.25, 0.3) is 5.56 Å². The van der Waals surface area contributed by atoms with Crippen molar-refractivity contribution >= 4 is 5.69 Å². The van der Waals surface area contributed by atoms with Gasteiger partial charge in [0.15, 0.2) is 0 Å². The molecule has 0 aliphatic carbocycles. The molecule has 0 aromatic carbocycles. The maximum absolute atomic E-state index is 11.1. The third-order valence-electron chi connectivity index (χ3n) is 3.22. The first-order chi connectivity index (χ1) is 7.65. The fourth-order valence-corrected chi connectivity index (χ4v) is 2.13. The van der Waals surface area contributed by atoms with Crippen LogP contribution in [0.4, 0.5) is 5.69 Å². The second kappa shape index (κ2) is 4.65. The quantitative estimate of drug-likeness (QED) is 0.751. The molecule has 2 heterocycles. The van der Waals surface area contributed by atoms with E-state index < -0.39 is 0 Å². The van der Waals surface area contributed by atoms with E-state index in [1.54, 1.807) is 6.07 Å². The molecule has 16 heavy (non-hydrogen) atoms. The topological polar surface area (TPSA) is 75.0 Å². The standard InChI is InChI=1S/C11H18N4O/c1-15-4-2-8(3-5-15)6-9-7-10(12)11(16)14-13-9/h7-8H,2-6H2,1H3,(H2,12,13)(H,14,16). The SMILES string of the molecule is CN1CCC(Cc2cc(N)c(=O)[nH]n2)CC1. The van der Waals surface area contributed by atoms with Crippen LogP contribution in [-0.2, 0) is 6.42 Å². The first kappa shape index (κ1) is 11.1. The van der Waals surface area contributed by atoms with E-state index in [4.69, 9.17) is 5.73 Å². The maximum Gasteiger partial charge on any atom is 0.287 e. The highest BCUT2D eigenvalue weighted by Crippen LogP contribution is 2.19. The molecule has 5 heteroatoms. The molecule has 1 aliphatic heterocycles. The van der Waals surface area contributed by atoms with E-state index in [0.29, 0.717) is 5.92 Å². The molecule has 3 N–H and O–H groups in total. The van der Waals surface area contributed by atoms with Crippen molar-refractivity contribution in [2.24, 2.45) is 5.92 Å². The van der Waals surface area contributed by atoms with E-state index in [1.165, 1.54) is 12.8 Å². The number of likely N-dealkylation sites (tertiary alicyclic amines) is 1. The number of nitrogen functional groups attached to an aromatic ring is 1. The predicted octanol–water partition coefficient (Wildman–Crippen LogP) is 0.236. The molecule has 0 bridgehead atoms. The van der Waals surface area contributed by atoms with E-state index in [9.17, 15) is 4.79 Å². The van der Waals surface area contributed by atoms with Gasteiger partial charge in [0.05, 0.1) is 5.69 Å². The van der Waals surface area contributed by atoms with Crippen LogP contribution in [0.3, 0.4) is 0 Å². The summed E-state index contributed by atoms with van der Waals surface area (Å²) >= 11 is 0. The number of hydrogen-bond acceptors (Lipinski definition) is 4. The highest BCUT2D eigenvalue weighted by Gasteiger charge is 2.17. The van der Waals surface area contributed by atoms with Gasteiger partial charge < -0.3 is 10.6 Å². The number of anilines is 1. The second-order valence-corrected chi connectivity index (χ2v) is 4.59. The first-order valence-corrected chi connectivity index (χ1v) is 5.68. The van der Waals surface area contributed by atoms with Crippen LogP contribution in [-0.4, -0.2) is 35.2 Å². The fourth-order valence-electron chi connectivity index (χ4n) is 2.13. The van der Waals surface area contributed by atoms with Crippen LogP contribution in [0.2, 0.25) is 0 Å². The molecule has 5 nitrogen and oxygen atoms in total. The van der Waals surface area contributed by atoms with Crippen molar-refractivity contribution in [1.82, 2.24) is 15.1 Å². The molecule has 0 spiro atoms. The highest BCUT2D eigenvalue weighted by atomic mass is 16.1. The number of nitrogens with one attached hydrogen (secondary N) is 1. The second-order valence-electron chi connectivity index (χ2n) is 4.59. The molecule has 0 radical (unpaired) electrons. The lowest BCUT2D eigenvalue weighted by atomic mass is 9.92. The van der Waals surface area contributed by atoms with Crippen molar-refractivity contribution in [2.75, 3.05) is 25.9 Å². The third kappa shape index (κ3) is 2.61. The summed E-state index contributed by atoms with van der Waals surface area (Å²) in [6.07, 6.45) is 3.29. The fraction of sp³-hybridized carbons (Fsp3) is 0.636. The summed E-state index contributed by atoms with van der Waals surface area (Å²) in [5.41, 5.74) is 6.41. The van der Waals surface area contributed by atoms with Gasteiger partial charge in [-0.3, -0.25) is 4.79 Å². The van der Waals surface area contributed by atoms with Crippen LogP contribution in [0, 0.1) is 5.92 Å². The molecule has 0 atom stereocenters. The van der Waals surface area contributed by atoms with Gasteiger partial charge in [0.2, 0.25) is 0 Å². The van der Waals surface area contributed by atoms with Crippen LogP contribution in [0.1, 0.15) is 18.5 Å². The minimum atomic E-state index is -0.299. The van der Waals surface area contributed by atoms with Crippen molar-refractivity contribution in [3.63, 3.8) is 0 Å². The zero-order valence-corrected chi connectivity index (χ0v) is 9.57. The zero-order chi connectivity index (χ0) is 11.5. The Morgan fingerprint density at radius 1 is 1.56 bits per heavy atom. The largest absolute Gasteiger partial charge is 0.394 e. The van der Waals surface area contributed by atoms with Gasteiger partial charge in [-0.2, -0.15) is 5.10 Å². The van der Waals surface area contributed by atoms with Gasteiger partial charge >= 0.3 is 0 Å². The summed E-state index contributed by atoms with van der Waals surface area (Å²) < 4.78 is 0. The number of nitrogens with zero attached hydrogens (tertiary/aromatic N) is 2. The number of piperidine rings is 1. The third-order valence-corrected chi connectivity index (χ3v) is 3.22. The Morgan fingerprint density at radius 2 is 2.25 bits per heavy atom. The van der Waals surface area contributed by atoms with Crippen LogP contribution >= 0.6 is 0 Å². The highest BCUT2D eigenvalue weighted by molar-refractivity contribution is 5.34. The molecule has 1 aliphatic rings. The van der Waals surface area contributed by atoms with Crippen LogP contribution in [0.5, 0.6) is 0 Å². The van der Waals surface area contributed by atoms with Crippen molar-refractivity contribution < 1.29 is 0 Å². The number of hydrogen-bond donors (Lipinski definition) is 2. The molecule has 2 rings (SSSR count). The van der Waals surface area contributed by atoms with E-state index in [0.717, 1.165) is 25.2 Å². The Kier molecular flexibility index (Phi) is 3.24. The summed E-state index contributed by atoms with van der Waals surface area (Å²) in [6.45, 7) is 2.28. The Morgan fingerprint density at radius 3 is 2.88 bits per heavy atom. The molecule has 0 amide bonds. The normalized spacial score (nSPS) is 18.8. The first-order valence-electron chi connectivity index (χ1n) is 5.68. The monoisotopic (exact) mass is 222 g/mol. The van der Waals surface area contributed by atoms with Gasteiger partial charge in [-0.25, -0.2) is 5.10 Å². The van der Waals surface area contributed by atoms with E-state index in [-0.39, 0.29) is 11.2 Å². The minimum Gasteiger partial charge on any atom is -0.394 e. The lowest BCUT2D eigenvalue weighted by Gasteiger charge is -2.28. The summed E-state index contributed by atoms with van der Waals surface area (Å²) in [5, 5.41) is 6.45. The van der Waals surface area contributed by atoms with Crippen molar-refractivity contribution in [3.05, 3.63) is 22.1 Å². The Labute approximate surface area is 94.6 Å². The average molecular weight is 222 g/mol. The number of H-pyrrole nitrogens is 1. The summed E-state index contributed by atoms with van der Waals surface area (Å²) in [6, 6.07) is 1.69. The number of nitrogens with two attached hydrogens (primary N) is 1. The molecule has 88 valence electrons. The molecule has 1 aromatic rings. The summed E-state index contributed by atoms with van der Waals surface area (Å²) in [5.74, 6) is 0.661. The van der Waals surface area contributed by atoms with Gasteiger partial charge in [-0.1, -0.05) is 0 Å². The van der Waals surface area contributed by atoms with Crippen molar-refractivity contribution in [3.8, 4) is 0 Å². The maximum atomic E-state index is 11.1. The lowest BCUT2D eigenvalue weighted by Crippen LogP contribution is -2.31. The molecule has 1 aromatic heterocycles. The van der Waals surface area contributed by atoms with Crippen LogP contribution in [0.15, 0.2) is 10.9 Å². The molecule has 0 unspecified atom stereocenters. The Bertz CT molecular complexity index is 407. The average Bonchev–Trinajstić information content (AvgIpc) is 2.27. The zero-order valence-electron chi connectivity index (χ0n) is 9.57. The van der Waals surface area contributed by atoms with Crippen molar-refractivity contribution in [2.45, 2.75) is 19.3 Å². The molecular formula is C11H18N4O. The lowest BCUT2D eigenvalue weighted by molar-refractivity contribution is 0.218. The summed E-state index contributed by atoms with van der Waals surface area (Å²) in [7, 11) is 2.15. The predicted molar refractivity (Wildman–Crippen MR) is 63.2 cm³/mol. The van der Waals surface area contributed by atoms with E-state index >= 15 is 0 Å². The molecule has 1 fully saturated rings. The molecule has 1 saturated heterocycles. The number of rotatable bonds is 2. The number of aromatic nitrogens is 2.